The van der Waals surface area contributed by atoms with Crippen molar-refractivity contribution >= 4 is 11.9 Å². The number of imidazole rings is 1. The zero-order valence-electron chi connectivity index (χ0n) is 10.1. The van der Waals surface area contributed by atoms with Gasteiger partial charge in [-0.25, -0.2) is 4.98 Å². The third kappa shape index (κ3) is 3.62. The minimum Gasteiger partial charge on any atom is -0.493 e. The number of hydrogen-bond acceptors (Lipinski definition) is 3. The fourth-order valence-corrected chi connectivity index (χ4v) is 1.49. The summed E-state index contributed by atoms with van der Waals surface area (Å²) in [5, 5.41) is 2.63. The molecule has 0 saturated carbocycles. The molecule has 0 unspecified atom stereocenters. The number of carbonyl (C=O) groups excluding carboxylic acids is 1. The molecule has 2 N–H and O–H groups in total. The van der Waals surface area contributed by atoms with Crippen molar-refractivity contribution in [2.24, 2.45) is 0 Å². The summed E-state index contributed by atoms with van der Waals surface area (Å²) in [5.74, 6) is 1.11. The Balaban J connectivity index is 1.73. The van der Waals surface area contributed by atoms with Crippen molar-refractivity contribution in [2.75, 3.05) is 11.9 Å². The number of amides is 1. The number of aromatic nitrogens is 2. The van der Waals surface area contributed by atoms with Crippen molar-refractivity contribution in [3.8, 4) is 5.75 Å². The van der Waals surface area contributed by atoms with Crippen molar-refractivity contribution < 1.29 is 9.53 Å². The molecule has 5 heteroatoms. The molecule has 0 spiro atoms. The van der Waals surface area contributed by atoms with Crippen molar-refractivity contribution in [3.05, 3.63) is 42.2 Å². The number of H-pyrrole nitrogens is 1. The molecular weight excluding hydrogens is 230 g/mol. The van der Waals surface area contributed by atoms with Crippen LogP contribution in [0.4, 0.5) is 5.95 Å². The van der Waals surface area contributed by atoms with Crippen molar-refractivity contribution in [1.82, 2.24) is 9.97 Å². The lowest BCUT2D eigenvalue weighted by molar-refractivity contribution is -0.116. The summed E-state index contributed by atoms with van der Waals surface area (Å²) in [6, 6.07) is 7.73. The summed E-state index contributed by atoms with van der Waals surface area (Å²) in [7, 11) is 0. The molecule has 0 aliphatic heterocycles. The Labute approximate surface area is 105 Å². The zero-order chi connectivity index (χ0) is 12.8. The molecule has 0 aliphatic carbocycles. The van der Waals surface area contributed by atoms with E-state index in [-0.39, 0.29) is 12.3 Å². The van der Waals surface area contributed by atoms with Gasteiger partial charge in [0.05, 0.1) is 13.0 Å². The SMILES string of the molecule is Cc1cccc(OCCC(=O)Nc2ncc[nH]2)c1. The maximum atomic E-state index is 11.5. The number of nitrogens with one attached hydrogen (secondary N) is 2. The Bertz CT molecular complexity index is 509. The topological polar surface area (TPSA) is 67.0 Å². The summed E-state index contributed by atoms with van der Waals surface area (Å²) in [5.41, 5.74) is 1.13. The molecule has 1 aromatic heterocycles. The lowest BCUT2D eigenvalue weighted by Crippen LogP contribution is -2.15. The van der Waals surface area contributed by atoms with Crippen LogP contribution in [-0.4, -0.2) is 22.5 Å². The third-order valence-corrected chi connectivity index (χ3v) is 2.34. The second-order valence-corrected chi connectivity index (χ2v) is 3.90. The van der Waals surface area contributed by atoms with Gasteiger partial charge >= 0.3 is 0 Å². The molecule has 18 heavy (non-hydrogen) atoms. The molecular formula is C13H15N3O2. The molecule has 2 rings (SSSR count). The molecule has 0 bridgehead atoms. The summed E-state index contributed by atoms with van der Waals surface area (Å²) in [6.07, 6.45) is 3.52. The largest absolute Gasteiger partial charge is 0.493 e. The lowest BCUT2D eigenvalue weighted by Gasteiger charge is -2.06. The van der Waals surface area contributed by atoms with E-state index in [0.29, 0.717) is 12.6 Å². The van der Waals surface area contributed by atoms with E-state index in [0.717, 1.165) is 11.3 Å². The number of nitrogens with zero attached hydrogens (tertiary/aromatic N) is 1. The van der Waals surface area contributed by atoms with Gasteiger partial charge in [0.15, 0.2) is 0 Å². The van der Waals surface area contributed by atoms with E-state index in [1.165, 1.54) is 0 Å². The van der Waals surface area contributed by atoms with Crippen molar-refractivity contribution in [1.29, 1.82) is 0 Å². The van der Waals surface area contributed by atoms with Crippen LogP contribution in [0.25, 0.3) is 0 Å². The number of ether oxygens (including phenoxy) is 1. The molecule has 1 heterocycles. The van der Waals surface area contributed by atoms with Gasteiger partial charge in [0.2, 0.25) is 11.9 Å². The van der Waals surface area contributed by atoms with Gasteiger partial charge in [-0.15, -0.1) is 0 Å². The van der Waals surface area contributed by atoms with E-state index >= 15 is 0 Å². The molecule has 0 radical (unpaired) electrons. The summed E-state index contributed by atoms with van der Waals surface area (Å²) in [6.45, 7) is 2.34. The Hall–Kier alpha value is -2.30. The Morgan fingerprint density at radius 3 is 3.11 bits per heavy atom. The van der Waals surface area contributed by atoms with Crippen LogP contribution in [0.15, 0.2) is 36.7 Å². The van der Waals surface area contributed by atoms with Crippen LogP contribution < -0.4 is 10.1 Å². The van der Waals surface area contributed by atoms with Gasteiger partial charge in [0.25, 0.3) is 0 Å². The fourth-order valence-electron chi connectivity index (χ4n) is 1.49. The highest BCUT2D eigenvalue weighted by molar-refractivity contribution is 5.88. The summed E-state index contributed by atoms with van der Waals surface area (Å²) in [4.78, 5) is 18.2. The van der Waals surface area contributed by atoms with Crippen molar-refractivity contribution in [3.63, 3.8) is 0 Å². The first-order valence-corrected chi connectivity index (χ1v) is 5.73. The highest BCUT2D eigenvalue weighted by atomic mass is 16.5. The van der Waals surface area contributed by atoms with Crippen LogP contribution in [0.3, 0.4) is 0 Å². The van der Waals surface area contributed by atoms with E-state index in [4.69, 9.17) is 4.74 Å². The number of hydrogen-bond donors (Lipinski definition) is 2. The predicted molar refractivity (Wildman–Crippen MR) is 68.5 cm³/mol. The second kappa shape index (κ2) is 5.86. The number of aromatic amines is 1. The number of anilines is 1. The minimum atomic E-state index is -0.127. The third-order valence-electron chi connectivity index (χ3n) is 2.34. The smallest absolute Gasteiger partial charge is 0.230 e. The molecule has 2 aromatic rings. The first-order chi connectivity index (χ1) is 8.74. The summed E-state index contributed by atoms with van der Waals surface area (Å²) < 4.78 is 5.49. The number of benzene rings is 1. The van der Waals surface area contributed by atoms with E-state index in [9.17, 15) is 4.79 Å². The summed E-state index contributed by atoms with van der Waals surface area (Å²) >= 11 is 0. The van der Waals surface area contributed by atoms with Crippen molar-refractivity contribution in [2.45, 2.75) is 13.3 Å². The second-order valence-electron chi connectivity index (χ2n) is 3.90. The van der Waals surface area contributed by atoms with Crippen LogP contribution in [0, 0.1) is 6.92 Å². The fraction of sp³-hybridized carbons (Fsp3) is 0.231. The molecule has 0 atom stereocenters. The minimum absolute atomic E-state index is 0.127. The normalized spacial score (nSPS) is 10.1. The molecule has 94 valence electrons. The van der Waals surface area contributed by atoms with E-state index in [1.807, 2.05) is 31.2 Å². The molecule has 1 amide bonds. The quantitative estimate of drug-likeness (QED) is 0.848. The molecule has 1 aromatic carbocycles. The van der Waals surface area contributed by atoms with Gasteiger partial charge in [-0.3, -0.25) is 10.1 Å². The van der Waals surface area contributed by atoms with E-state index in [2.05, 4.69) is 15.3 Å². The van der Waals surface area contributed by atoms with Gasteiger partial charge in [-0.05, 0) is 24.6 Å². The van der Waals surface area contributed by atoms with Crippen LogP contribution in [0.1, 0.15) is 12.0 Å². The van der Waals surface area contributed by atoms with Gasteiger partial charge in [0.1, 0.15) is 5.75 Å². The molecule has 0 aliphatic rings. The number of rotatable bonds is 5. The van der Waals surface area contributed by atoms with Crippen LogP contribution in [-0.2, 0) is 4.79 Å². The zero-order valence-corrected chi connectivity index (χ0v) is 10.1. The molecule has 5 nitrogen and oxygen atoms in total. The van der Waals surface area contributed by atoms with E-state index < -0.39 is 0 Å². The number of carbonyl (C=O) groups is 1. The van der Waals surface area contributed by atoms with E-state index in [1.54, 1.807) is 12.4 Å². The maximum Gasteiger partial charge on any atom is 0.230 e. The van der Waals surface area contributed by atoms with Gasteiger partial charge in [-0.1, -0.05) is 12.1 Å². The van der Waals surface area contributed by atoms with Gasteiger partial charge in [-0.2, -0.15) is 0 Å². The Morgan fingerprint density at radius 2 is 2.39 bits per heavy atom. The molecule has 0 fully saturated rings. The average molecular weight is 245 g/mol. The van der Waals surface area contributed by atoms with Crippen LogP contribution in [0.2, 0.25) is 0 Å². The first kappa shape index (κ1) is 12.2. The van der Waals surface area contributed by atoms with Crippen LogP contribution >= 0.6 is 0 Å². The lowest BCUT2D eigenvalue weighted by atomic mass is 10.2. The highest BCUT2D eigenvalue weighted by Gasteiger charge is 2.04. The Morgan fingerprint density at radius 1 is 1.50 bits per heavy atom. The average Bonchev–Trinajstić information content (AvgIpc) is 2.82. The Kier molecular flexibility index (Phi) is 3.96. The number of aryl methyl sites for hydroxylation is 1. The first-order valence-electron chi connectivity index (χ1n) is 5.73. The predicted octanol–water partition coefficient (Wildman–Crippen LogP) is 2.13. The monoisotopic (exact) mass is 245 g/mol. The standard InChI is InChI=1S/C13H15N3O2/c1-10-3-2-4-11(9-10)18-8-5-12(17)16-13-14-6-7-15-13/h2-4,6-7,9H,5,8H2,1H3,(H2,14,15,16,17). The highest BCUT2D eigenvalue weighted by Crippen LogP contribution is 2.12. The van der Waals surface area contributed by atoms with Gasteiger partial charge in [0, 0.05) is 12.4 Å². The maximum absolute atomic E-state index is 11.5. The van der Waals surface area contributed by atoms with Gasteiger partial charge < -0.3 is 9.72 Å². The molecule has 0 saturated heterocycles. The van der Waals surface area contributed by atoms with Crippen LogP contribution in [0.5, 0.6) is 5.75 Å².